The highest BCUT2D eigenvalue weighted by Crippen LogP contribution is 2.34. The molecular weight excluding hydrogens is 356 g/mol. The molecule has 0 aromatic heterocycles. The summed E-state index contributed by atoms with van der Waals surface area (Å²) in [5, 5.41) is 2.92. The predicted octanol–water partition coefficient (Wildman–Crippen LogP) is 2.31. The van der Waals surface area contributed by atoms with Crippen LogP contribution in [-0.2, 0) is 9.53 Å². The largest absolute Gasteiger partial charge is 0.497 e. The zero-order chi connectivity index (χ0) is 19.9. The van der Waals surface area contributed by atoms with Crippen molar-refractivity contribution in [2.24, 2.45) is 5.92 Å². The molecule has 1 N–H and O–H groups in total. The van der Waals surface area contributed by atoms with E-state index in [9.17, 15) is 9.59 Å². The highest BCUT2D eigenvalue weighted by Gasteiger charge is 2.40. The van der Waals surface area contributed by atoms with Crippen LogP contribution in [0.15, 0.2) is 54.6 Å². The number of carbonyl (C=O) groups excluding carboxylic acids is 2. The van der Waals surface area contributed by atoms with Gasteiger partial charge in [-0.2, -0.15) is 0 Å². The fourth-order valence-electron chi connectivity index (χ4n) is 3.62. The molecular formula is C22H26N2O4. The van der Waals surface area contributed by atoms with Crippen LogP contribution in [0.1, 0.15) is 21.8 Å². The molecule has 2 aromatic carbocycles. The minimum Gasteiger partial charge on any atom is -0.497 e. The van der Waals surface area contributed by atoms with Crippen LogP contribution in [0.2, 0.25) is 0 Å². The van der Waals surface area contributed by atoms with Crippen molar-refractivity contribution in [3.8, 4) is 5.75 Å². The predicted molar refractivity (Wildman–Crippen MR) is 106 cm³/mol. The lowest BCUT2D eigenvalue weighted by Gasteiger charge is -2.18. The van der Waals surface area contributed by atoms with Crippen LogP contribution >= 0.6 is 0 Å². The van der Waals surface area contributed by atoms with E-state index in [1.165, 1.54) is 0 Å². The Labute approximate surface area is 165 Å². The van der Waals surface area contributed by atoms with Gasteiger partial charge >= 0.3 is 0 Å². The molecule has 1 aliphatic heterocycles. The Hall–Kier alpha value is -2.86. The summed E-state index contributed by atoms with van der Waals surface area (Å²) in [5.74, 6) is 0.157. The van der Waals surface area contributed by atoms with E-state index in [1.54, 1.807) is 43.4 Å². The number of carbonyl (C=O) groups is 2. The van der Waals surface area contributed by atoms with Gasteiger partial charge in [0.25, 0.3) is 5.91 Å². The molecule has 1 fully saturated rings. The Morgan fingerprint density at radius 3 is 2.57 bits per heavy atom. The van der Waals surface area contributed by atoms with E-state index in [-0.39, 0.29) is 23.7 Å². The molecule has 2 amide bonds. The van der Waals surface area contributed by atoms with E-state index in [1.807, 2.05) is 30.3 Å². The van der Waals surface area contributed by atoms with Gasteiger partial charge in [0.1, 0.15) is 5.75 Å². The second kappa shape index (κ2) is 9.37. The number of amides is 2. The molecule has 0 bridgehead atoms. The van der Waals surface area contributed by atoms with Crippen LogP contribution in [-0.4, -0.2) is 57.2 Å². The Kier molecular flexibility index (Phi) is 6.66. The van der Waals surface area contributed by atoms with E-state index in [4.69, 9.17) is 9.47 Å². The van der Waals surface area contributed by atoms with Crippen LogP contribution in [0.25, 0.3) is 0 Å². The van der Waals surface area contributed by atoms with E-state index < -0.39 is 0 Å². The van der Waals surface area contributed by atoms with E-state index in [0.717, 1.165) is 5.56 Å². The standard InChI is InChI=1S/C22H26N2O4/c1-27-12-11-23-21(25)20-15-24(14-19(20)16-7-4-3-5-8-16)22(26)17-9-6-10-18(13-17)28-2/h3-10,13,19-20H,11-12,14-15H2,1-2H3,(H,23,25). The van der Waals surface area contributed by atoms with Crippen LogP contribution < -0.4 is 10.1 Å². The highest BCUT2D eigenvalue weighted by molar-refractivity contribution is 5.95. The zero-order valence-corrected chi connectivity index (χ0v) is 16.3. The SMILES string of the molecule is COCCNC(=O)C1CN(C(=O)c2cccc(OC)c2)CC1c1ccccc1. The van der Waals surface area contributed by atoms with Crippen molar-refractivity contribution in [2.45, 2.75) is 5.92 Å². The number of ether oxygens (including phenoxy) is 2. The van der Waals surface area contributed by atoms with Crippen LogP contribution in [0.3, 0.4) is 0 Å². The number of likely N-dealkylation sites (tertiary alicyclic amines) is 1. The molecule has 0 spiro atoms. The quantitative estimate of drug-likeness (QED) is 0.747. The topological polar surface area (TPSA) is 67.9 Å². The lowest BCUT2D eigenvalue weighted by atomic mass is 9.88. The van der Waals surface area contributed by atoms with E-state index in [0.29, 0.717) is 37.6 Å². The summed E-state index contributed by atoms with van der Waals surface area (Å²) < 4.78 is 10.2. The maximum absolute atomic E-state index is 13.0. The van der Waals surface area contributed by atoms with Gasteiger partial charge < -0.3 is 19.7 Å². The second-order valence-electron chi connectivity index (χ2n) is 6.85. The minimum absolute atomic E-state index is 0.0432. The molecule has 0 saturated carbocycles. The van der Waals surface area contributed by atoms with Crippen molar-refractivity contribution < 1.29 is 19.1 Å². The summed E-state index contributed by atoms with van der Waals surface area (Å²) in [6, 6.07) is 17.0. The van der Waals surface area contributed by atoms with Crippen molar-refractivity contribution >= 4 is 11.8 Å². The Morgan fingerprint density at radius 2 is 1.86 bits per heavy atom. The van der Waals surface area contributed by atoms with Gasteiger partial charge in [-0.15, -0.1) is 0 Å². The first kappa shape index (κ1) is 19.9. The molecule has 6 nitrogen and oxygen atoms in total. The molecule has 28 heavy (non-hydrogen) atoms. The normalized spacial score (nSPS) is 18.7. The molecule has 0 aliphatic carbocycles. The Bertz CT molecular complexity index is 809. The number of hydrogen-bond donors (Lipinski definition) is 1. The van der Waals surface area contributed by atoms with Crippen LogP contribution in [0.4, 0.5) is 0 Å². The smallest absolute Gasteiger partial charge is 0.254 e. The fourth-order valence-corrected chi connectivity index (χ4v) is 3.62. The first-order valence-corrected chi connectivity index (χ1v) is 9.39. The summed E-state index contributed by atoms with van der Waals surface area (Å²) in [6.07, 6.45) is 0. The van der Waals surface area contributed by atoms with Crippen molar-refractivity contribution in [3.05, 3.63) is 65.7 Å². The lowest BCUT2D eigenvalue weighted by Crippen LogP contribution is -2.37. The van der Waals surface area contributed by atoms with Crippen LogP contribution in [0.5, 0.6) is 5.75 Å². The van der Waals surface area contributed by atoms with Crippen molar-refractivity contribution in [2.75, 3.05) is 40.5 Å². The van der Waals surface area contributed by atoms with Crippen LogP contribution in [0, 0.1) is 5.92 Å². The number of benzene rings is 2. The second-order valence-corrected chi connectivity index (χ2v) is 6.85. The maximum Gasteiger partial charge on any atom is 0.254 e. The lowest BCUT2D eigenvalue weighted by molar-refractivity contribution is -0.125. The van der Waals surface area contributed by atoms with Gasteiger partial charge in [0.15, 0.2) is 0 Å². The summed E-state index contributed by atoms with van der Waals surface area (Å²) in [7, 11) is 3.17. The van der Waals surface area contributed by atoms with E-state index >= 15 is 0 Å². The third-order valence-corrected chi connectivity index (χ3v) is 5.09. The molecule has 1 heterocycles. The van der Waals surface area contributed by atoms with Gasteiger partial charge in [-0.25, -0.2) is 0 Å². The van der Waals surface area contributed by atoms with Crippen molar-refractivity contribution in [1.29, 1.82) is 0 Å². The maximum atomic E-state index is 13.0. The summed E-state index contributed by atoms with van der Waals surface area (Å²) in [5.41, 5.74) is 1.63. The molecule has 0 radical (unpaired) electrons. The average molecular weight is 382 g/mol. The minimum atomic E-state index is -0.297. The first-order chi connectivity index (χ1) is 13.6. The van der Waals surface area contributed by atoms with Crippen molar-refractivity contribution in [3.63, 3.8) is 0 Å². The fraction of sp³-hybridized carbons (Fsp3) is 0.364. The van der Waals surface area contributed by atoms with E-state index in [2.05, 4.69) is 5.32 Å². The molecule has 2 atom stereocenters. The van der Waals surface area contributed by atoms with Gasteiger partial charge in [-0.3, -0.25) is 9.59 Å². The Morgan fingerprint density at radius 1 is 1.07 bits per heavy atom. The number of nitrogens with one attached hydrogen (secondary N) is 1. The highest BCUT2D eigenvalue weighted by atomic mass is 16.5. The molecule has 148 valence electrons. The van der Waals surface area contributed by atoms with Crippen molar-refractivity contribution in [1.82, 2.24) is 10.2 Å². The molecule has 2 unspecified atom stereocenters. The van der Waals surface area contributed by atoms with Gasteiger partial charge in [0.05, 0.1) is 19.6 Å². The zero-order valence-electron chi connectivity index (χ0n) is 16.3. The monoisotopic (exact) mass is 382 g/mol. The molecule has 2 aromatic rings. The number of nitrogens with zero attached hydrogens (tertiary/aromatic N) is 1. The van der Waals surface area contributed by atoms with Gasteiger partial charge in [-0.1, -0.05) is 36.4 Å². The number of methoxy groups -OCH3 is 2. The average Bonchev–Trinajstić information content (AvgIpc) is 3.19. The molecule has 1 aliphatic rings. The Balaban J connectivity index is 1.80. The summed E-state index contributed by atoms with van der Waals surface area (Å²) >= 11 is 0. The molecule has 1 saturated heterocycles. The summed E-state index contributed by atoms with van der Waals surface area (Å²) in [4.78, 5) is 27.6. The number of rotatable bonds is 7. The van der Waals surface area contributed by atoms with Gasteiger partial charge in [-0.05, 0) is 23.8 Å². The molecule has 6 heteroatoms. The molecule has 3 rings (SSSR count). The first-order valence-electron chi connectivity index (χ1n) is 9.39. The third kappa shape index (κ3) is 4.51. The van der Waals surface area contributed by atoms with Gasteiger partial charge in [0, 0.05) is 38.2 Å². The summed E-state index contributed by atoms with van der Waals surface area (Å²) in [6.45, 7) is 1.80. The third-order valence-electron chi connectivity index (χ3n) is 5.09. The van der Waals surface area contributed by atoms with Gasteiger partial charge in [0.2, 0.25) is 5.91 Å². The number of hydrogen-bond acceptors (Lipinski definition) is 4.